The summed E-state index contributed by atoms with van der Waals surface area (Å²) in [6.07, 6.45) is 0. The van der Waals surface area contributed by atoms with Crippen LogP contribution in [0.5, 0.6) is 11.5 Å². The Bertz CT molecular complexity index is 964. The van der Waals surface area contributed by atoms with Crippen LogP contribution in [0, 0.1) is 0 Å². The molecule has 0 amide bonds. The molecule has 2 heterocycles. The molecule has 0 radical (unpaired) electrons. The predicted molar refractivity (Wildman–Crippen MR) is 89.7 cm³/mol. The summed E-state index contributed by atoms with van der Waals surface area (Å²) in [6.45, 7) is 0. The van der Waals surface area contributed by atoms with Crippen LogP contribution in [0.1, 0.15) is 27.0 Å². The number of benzene rings is 3. The van der Waals surface area contributed by atoms with Crippen LogP contribution in [0.15, 0.2) is 66.7 Å². The maximum absolute atomic E-state index is 12.6. The third-order valence-electron chi connectivity index (χ3n) is 4.60. The van der Waals surface area contributed by atoms with E-state index < -0.39 is 11.6 Å². The van der Waals surface area contributed by atoms with Gasteiger partial charge in [0.15, 0.2) is 5.60 Å². The molecule has 0 atom stereocenters. The fourth-order valence-electron chi connectivity index (χ4n) is 3.63. The molecule has 0 saturated carbocycles. The Labute approximate surface area is 143 Å². The quantitative estimate of drug-likeness (QED) is 0.548. The molecule has 2 aliphatic heterocycles. The van der Waals surface area contributed by atoms with E-state index in [1.165, 1.54) is 0 Å². The molecular weight excluding hydrogens is 324 g/mol. The van der Waals surface area contributed by atoms with E-state index in [1.807, 2.05) is 60.7 Å². The molecule has 3 nitrogen and oxygen atoms in total. The average molecular weight is 335 g/mol. The fourth-order valence-corrected chi connectivity index (χ4v) is 3.88. The third kappa shape index (κ3) is 1.55. The summed E-state index contributed by atoms with van der Waals surface area (Å²) in [6, 6.07) is 20.7. The van der Waals surface area contributed by atoms with Gasteiger partial charge < -0.3 is 9.47 Å². The first-order valence-corrected chi connectivity index (χ1v) is 7.99. The van der Waals surface area contributed by atoms with Gasteiger partial charge in [0.25, 0.3) is 0 Å². The Balaban J connectivity index is 1.94. The molecule has 0 aliphatic carbocycles. The molecule has 0 aromatic heterocycles. The molecule has 2 aliphatic rings. The second-order valence-electron chi connectivity index (χ2n) is 5.83. The van der Waals surface area contributed by atoms with Crippen molar-refractivity contribution in [2.75, 3.05) is 0 Å². The van der Waals surface area contributed by atoms with Crippen LogP contribution in [0.25, 0.3) is 0 Å². The van der Waals surface area contributed by atoms with Gasteiger partial charge in [-0.1, -0.05) is 60.1 Å². The number of hydrogen-bond acceptors (Lipinski definition) is 3. The molecule has 0 bridgehead atoms. The zero-order valence-electron chi connectivity index (χ0n) is 12.5. The Morgan fingerprint density at radius 2 is 1.33 bits per heavy atom. The van der Waals surface area contributed by atoms with Gasteiger partial charge in [0, 0.05) is 16.7 Å². The van der Waals surface area contributed by atoms with Gasteiger partial charge >= 0.3 is 5.97 Å². The van der Waals surface area contributed by atoms with Crippen LogP contribution in [0.3, 0.4) is 0 Å². The highest BCUT2D eigenvalue weighted by molar-refractivity contribution is 6.34. The summed E-state index contributed by atoms with van der Waals surface area (Å²) in [5.41, 5.74) is 1.76. The van der Waals surface area contributed by atoms with Crippen molar-refractivity contribution in [1.82, 2.24) is 0 Å². The number of hydrogen-bond donors (Lipinski definition) is 0. The van der Waals surface area contributed by atoms with Crippen molar-refractivity contribution in [3.63, 3.8) is 0 Å². The van der Waals surface area contributed by atoms with Crippen LogP contribution in [0.4, 0.5) is 0 Å². The second-order valence-corrected chi connectivity index (χ2v) is 6.23. The lowest BCUT2D eigenvalue weighted by Crippen LogP contribution is -2.32. The van der Waals surface area contributed by atoms with Crippen molar-refractivity contribution in [2.45, 2.75) is 5.60 Å². The van der Waals surface area contributed by atoms with E-state index in [0.29, 0.717) is 22.1 Å². The number of fused-ring (bicyclic) bond motifs is 6. The number of carbonyl (C=O) groups excluding carboxylic acids is 1. The molecule has 3 aromatic carbocycles. The number of halogens is 1. The zero-order valence-corrected chi connectivity index (χ0v) is 13.2. The molecule has 0 N–H and O–H groups in total. The van der Waals surface area contributed by atoms with Gasteiger partial charge in [-0.15, -0.1) is 0 Å². The molecule has 4 heteroatoms. The van der Waals surface area contributed by atoms with Crippen molar-refractivity contribution in [2.24, 2.45) is 0 Å². The van der Waals surface area contributed by atoms with E-state index in [2.05, 4.69) is 0 Å². The average Bonchev–Trinajstić information content (AvgIpc) is 2.90. The smallest absolute Gasteiger partial charge is 0.341 e. The molecule has 3 aromatic rings. The zero-order chi connectivity index (χ0) is 16.3. The van der Waals surface area contributed by atoms with Gasteiger partial charge in [0.2, 0.25) is 0 Å². The van der Waals surface area contributed by atoms with E-state index in [4.69, 9.17) is 21.1 Å². The Hall–Kier alpha value is -2.78. The van der Waals surface area contributed by atoms with Gasteiger partial charge in [-0.25, -0.2) is 4.79 Å². The molecule has 116 valence electrons. The monoisotopic (exact) mass is 334 g/mol. The Morgan fingerprint density at radius 1 is 0.750 bits per heavy atom. The van der Waals surface area contributed by atoms with Gasteiger partial charge in [0.05, 0.1) is 10.6 Å². The summed E-state index contributed by atoms with van der Waals surface area (Å²) >= 11 is 6.29. The van der Waals surface area contributed by atoms with Gasteiger partial charge in [-0.2, -0.15) is 0 Å². The van der Waals surface area contributed by atoms with Gasteiger partial charge in [-0.05, 0) is 18.2 Å². The minimum Gasteiger partial charge on any atom is -0.456 e. The number of esters is 1. The molecule has 0 unspecified atom stereocenters. The van der Waals surface area contributed by atoms with Crippen LogP contribution in [0.2, 0.25) is 5.02 Å². The summed E-state index contributed by atoms with van der Waals surface area (Å²) in [4.78, 5) is 12.6. The van der Waals surface area contributed by atoms with E-state index in [-0.39, 0.29) is 0 Å². The first kappa shape index (κ1) is 13.6. The first-order valence-electron chi connectivity index (χ1n) is 7.61. The van der Waals surface area contributed by atoms with Gasteiger partial charge in [0.1, 0.15) is 11.5 Å². The highest BCUT2D eigenvalue weighted by atomic mass is 35.5. The number of rotatable bonds is 0. The summed E-state index contributed by atoms with van der Waals surface area (Å²) in [5.74, 6) is 0.941. The van der Waals surface area contributed by atoms with Crippen LogP contribution < -0.4 is 4.74 Å². The lowest BCUT2D eigenvalue weighted by molar-refractivity contribution is 0.0224. The minimum atomic E-state index is -1.03. The van der Waals surface area contributed by atoms with Crippen LogP contribution in [-0.4, -0.2) is 5.97 Å². The lowest BCUT2D eigenvalue weighted by atomic mass is 9.78. The largest absolute Gasteiger partial charge is 0.456 e. The summed E-state index contributed by atoms with van der Waals surface area (Å²) < 4.78 is 12.0. The Kier molecular flexibility index (Phi) is 2.62. The maximum atomic E-state index is 12.6. The summed E-state index contributed by atoms with van der Waals surface area (Å²) in [7, 11) is 0. The highest BCUT2D eigenvalue weighted by Gasteiger charge is 2.53. The highest BCUT2D eigenvalue weighted by Crippen LogP contribution is 2.56. The van der Waals surface area contributed by atoms with E-state index in [9.17, 15) is 4.79 Å². The molecule has 24 heavy (non-hydrogen) atoms. The Morgan fingerprint density at radius 3 is 2.00 bits per heavy atom. The maximum Gasteiger partial charge on any atom is 0.341 e. The third-order valence-corrected chi connectivity index (χ3v) is 4.91. The van der Waals surface area contributed by atoms with Crippen LogP contribution in [-0.2, 0) is 10.3 Å². The number of ether oxygens (including phenoxy) is 2. The van der Waals surface area contributed by atoms with Crippen molar-refractivity contribution in [3.05, 3.63) is 94.0 Å². The normalized spacial score (nSPS) is 16.0. The molecular formula is C20H11ClO3. The van der Waals surface area contributed by atoms with E-state index >= 15 is 0 Å². The standard InChI is InChI=1S/C20H11ClO3/c21-15-9-5-8-14-18(15)19(22)24-20(14)12-6-1-3-10-16(12)23-17-11-4-2-7-13(17)20/h1-11H. The van der Waals surface area contributed by atoms with Gasteiger partial charge in [-0.3, -0.25) is 0 Å². The van der Waals surface area contributed by atoms with Crippen LogP contribution >= 0.6 is 11.6 Å². The molecule has 0 fully saturated rings. The summed E-state index contributed by atoms with van der Waals surface area (Å²) in [5, 5.41) is 0.399. The SMILES string of the molecule is O=C1OC2(c3ccccc3Oc3ccccc32)c2cccc(Cl)c21. The predicted octanol–water partition coefficient (Wildman–Crippen LogP) is 4.91. The minimum absolute atomic E-state index is 0.399. The molecule has 0 saturated heterocycles. The molecule has 5 rings (SSSR count). The van der Waals surface area contributed by atoms with Crippen molar-refractivity contribution < 1.29 is 14.3 Å². The molecule has 1 spiro atoms. The fraction of sp³-hybridized carbons (Fsp3) is 0.0500. The lowest BCUT2D eigenvalue weighted by Gasteiger charge is -2.36. The first-order chi connectivity index (χ1) is 11.7. The van der Waals surface area contributed by atoms with Crippen molar-refractivity contribution in [3.8, 4) is 11.5 Å². The van der Waals surface area contributed by atoms with Crippen molar-refractivity contribution >= 4 is 17.6 Å². The number of para-hydroxylation sites is 2. The second kappa shape index (κ2) is 4.62. The topological polar surface area (TPSA) is 35.5 Å². The van der Waals surface area contributed by atoms with E-state index in [1.54, 1.807) is 6.07 Å². The number of carbonyl (C=O) groups is 1. The van der Waals surface area contributed by atoms with E-state index in [0.717, 1.165) is 16.7 Å². The van der Waals surface area contributed by atoms with Crippen molar-refractivity contribution in [1.29, 1.82) is 0 Å².